The monoisotopic (exact) mass is 226 g/mol. The van der Waals surface area contributed by atoms with E-state index in [0.29, 0.717) is 0 Å². The van der Waals surface area contributed by atoms with E-state index in [9.17, 15) is 0 Å². The van der Waals surface area contributed by atoms with Crippen LogP contribution in [0.1, 0.15) is 39.3 Å². The van der Waals surface area contributed by atoms with E-state index in [1.54, 1.807) is 0 Å². The molecule has 92 valence electrons. The van der Waals surface area contributed by atoms with Gasteiger partial charge in [0.1, 0.15) is 24.3 Å². The summed E-state index contributed by atoms with van der Waals surface area (Å²) in [4.78, 5) is 7.50. The van der Waals surface area contributed by atoms with Crippen LogP contribution < -0.4 is 0 Å². The summed E-state index contributed by atoms with van der Waals surface area (Å²) in [6, 6.07) is 0. The minimum Gasteiger partial charge on any atom is -0.264 e. The Morgan fingerprint density at radius 2 is 1.06 bits per heavy atom. The topological polar surface area (TPSA) is 83.1 Å². The van der Waals surface area contributed by atoms with E-state index in [2.05, 4.69) is 30.4 Å². The van der Waals surface area contributed by atoms with Gasteiger partial charge in [0.25, 0.3) is 0 Å². The fourth-order valence-electron chi connectivity index (χ4n) is 0.533. The molecule has 0 amide bonds. The van der Waals surface area contributed by atoms with Gasteiger partial charge in [-0.2, -0.15) is 10.2 Å². The SMILES string of the molecule is CC.CC.Cc1ncn[nH]1.Cc1ncn[nH]1. The Morgan fingerprint density at radius 3 is 1.12 bits per heavy atom. The molecule has 6 nitrogen and oxygen atoms in total. The van der Waals surface area contributed by atoms with Crippen LogP contribution in [0.3, 0.4) is 0 Å². The van der Waals surface area contributed by atoms with Gasteiger partial charge in [0.2, 0.25) is 0 Å². The van der Waals surface area contributed by atoms with Crippen molar-refractivity contribution in [2.75, 3.05) is 0 Å². The van der Waals surface area contributed by atoms with Gasteiger partial charge in [-0.1, -0.05) is 27.7 Å². The fraction of sp³-hybridized carbons (Fsp3) is 0.600. The van der Waals surface area contributed by atoms with Crippen molar-refractivity contribution < 1.29 is 0 Å². The van der Waals surface area contributed by atoms with Gasteiger partial charge in [0.05, 0.1) is 0 Å². The van der Waals surface area contributed by atoms with Crippen LogP contribution in [0.2, 0.25) is 0 Å². The smallest absolute Gasteiger partial charge is 0.137 e. The molecule has 0 atom stereocenters. The molecule has 0 aromatic carbocycles. The molecule has 0 spiro atoms. The maximum Gasteiger partial charge on any atom is 0.137 e. The third kappa shape index (κ3) is 10.4. The van der Waals surface area contributed by atoms with Crippen molar-refractivity contribution in [3.8, 4) is 0 Å². The molecule has 2 aromatic rings. The molecule has 0 bridgehead atoms. The van der Waals surface area contributed by atoms with Crippen LogP contribution in [0.25, 0.3) is 0 Å². The van der Waals surface area contributed by atoms with E-state index >= 15 is 0 Å². The van der Waals surface area contributed by atoms with E-state index in [4.69, 9.17) is 0 Å². The zero-order chi connectivity index (χ0) is 12.8. The van der Waals surface area contributed by atoms with Gasteiger partial charge in [-0.3, -0.25) is 10.2 Å². The Hall–Kier alpha value is -1.72. The highest BCUT2D eigenvalue weighted by atomic mass is 15.2. The van der Waals surface area contributed by atoms with E-state index in [1.807, 2.05) is 41.5 Å². The van der Waals surface area contributed by atoms with E-state index in [0.717, 1.165) is 11.6 Å². The highest BCUT2D eigenvalue weighted by molar-refractivity contribution is 4.70. The predicted octanol–water partition coefficient (Wildman–Crippen LogP) is 2.28. The largest absolute Gasteiger partial charge is 0.264 e. The van der Waals surface area contributed by atoms with E-state index < -0.39 is 0 Å². The summed E-state index contributed by atoms with van der Waals surface area (Å²) in [5, 5.41) is 12.4. The number of hydrogen-bond donors (Lipinski definition) is 2. The van der Waals surface area contributed by atoms with Gasteiger partial charge < -0.3 is 0 Å². The summed E-state index contributed by atoms with van der Waals surface area (Å²) in [7, 11) is 0. The molecule has 0 saturated carbocycles. The molecule has 2 N–H and O–H groups in total. The van der Waals surface area contributed by atoms with Crippen LogP contribution in [0.5, 0.6) is 0 Å². The molecule has 0 unspecified atom stereocenters. The minimum absolute atomic E-state index is 0.856. The first-order valence-corrected chi connectivity index (χ1v) is 5.43. The molecule has 16 heavy (non-hydrogen) atoms. The Bertz CT molecular complexity index is 255. The van der Waals surface area contributed by atoms with Gasteiger partial charge in [0.15, 0.2) is 0 Å². The van der Waals surface area contributed by atoms with E-state index in [1.165, 1.54) is 12.7 Å². The molecule has 0 aliphatic rings. The van der Waals surface area contributed by atoms with Gasteiger partial charge >= 0.3 is 0 Å². The highest BCUT2D eigenvalue weighted by Gasteiger charge is 1.75. The number of H-pyrrole nitrogens is 2. The third-order valence-electron chi connectivity index (χ3n) is 1.07. The van der Waals surface area contributed by atoms with Gasteiger partial charge in [-0.05, 0) is 13.8 Å². The van der Waals surface area contributed by atoms with Crippen LogP contribution >= 0.6 is 0 Å². The molecule has 2 heterocycles. The summed E-state index contributed by atoms with van der Waals surface area (Å²) in [6.07, 6.45) is 2.96. The fourth-order valence-corrected chi connectivity index (χ4v) is 0.533. The zero-order valence-corrected chi connectivity index (χ0v) is 10.9. The molecule has 2 aromatic heterocycles. The number of nitrogens with zero attached hydrogens (tertiary/aromatic N) is 4. The molecular weight excluding hydrogens is 204 g/mol. The molecular formula is C10H22N6. The Morgan fingerprint density at radius 1 is 0.750 bits per heavy atom. The second kappa shape index (κ2) is 13.3. The number of rotatable bonds is 0. The normalized spacial score (nSPS) is 7.38. The molecule has 0 fully saturated rings. The van der Waals surface area contributed by atoms with Crippen LogP contribution in [0.15, 0.2) is 12.7 Å². The number of nitrogens with one attached hydrogen (secondary N) is 2. The van der Waals surface area contributed by atoms with Crippen LogP contribution in [-0.4, -0.2) is 30.4 Å². The molecule has 2 rings (SSSR count). The number of hydrogen-bond acceptors (Lipinski definition) is 4. The van der Waals surface area contributed by atoms with Gasteiger partial charge in [-0.15, -0.1) is 0 Å². The van der Waals surface area contributed by atoms with Crippen molar-refractivity contribution >= 4 is 0 Å². The minimum atomic E-state index is 0.856. The van der Waals surface area contributed by atoms with Crippen molar-refractivity contribution in [1.82, 2.24) is 30.4 Å². The summed E-state index contributed by atoms with van der Waals surface area (Å²) in [5.74, 6) is 1.71. The average molecular weight is 226 g/mol. The van der Waals surface area contributed by atoms with Gasteiger partial charge in [0, 0.05) is 0 Å². The lowest BCUT2D eigenvalue weighted by molar-refractivity contribution is 1.04. The van der Waals surface area contributed by atoms with E-state index in [-0.39, 0.29) is 0 Å². The molecule has 0 aliphatic heterocycles. The maximum absolute atomic E-state index is 3.75. The lowest BCUT2D eigenvalue weighted by Gasteiger charge is -1.66. The summed E-state index contributed by atoms with van der Waals surface area (Å²) in [5.41, 5.74) is 0. The Labute approximate surface area is 96.9 Å². The van der Waals surface area contributed by atoms with Crippen LogP contribution in [0, 0.1) is 13.8 Å². The van der Waals surface area contributed by atoms with Crippen molar-refractivity contribution in [2.45, 2.75) is 41.5 Å². The summed E-state index contributed by atoms with van der Waals surface area (Å²) < 4.78 is 0. The van der Waals surface area contributed by atoms with Crippen molar-refractivity contribution in [1.29, 1.82) is 0 Å². The van der Waals surface area contributed by atoms with Crippen molar-refractivity contribution in [3.63, 3.8) is 0 Å². The predicted molar refractivity (Wildman–Crippen MR) is 64.9 cm³/mol. The van der Waals surface area contributed by atoms with Gasteiger partial charge in [-0.25, -0.2) is 9.97 Å². The molecule has 0 saturated heterocycles. The Balaban J connectivity index is 0. The molecule has 0 aliphatic carbocycles. The molecule has 6 heteroatoms. The number of aryl methyl sites for hydroxylation is 2. The first-order valence-electron chi connectivity index (χ1n) is 5.43. The lowest BCUT2D eigenvalue weighted by Crippen LogP contribution is -1.68. The zero-order valence-electron chi connectivity index (χ0n) is 10.9. The standard InChI is InChI=1S/2C3H5N3.2C2H6/c2*1-3-4-2-5-6-3;2*1-2/h2*2H,1H3,(H,4,5,6);2*1-2H3. The number of aromatic amines is 2. The lowest BCUT2D eigenvalue weighted by atomic mass is 10.8. The van der Waals surface area contributed by atoms with Crippen molar-refractivity contribution in [3.05, 3.63) is 24.3 Å². The third-order valence-corrected chi connectivity index (χ3v) is 1.07. The maximum atomic E-state index is 3.75. The second-order valence-electron chi connectivity index (χ2n) is 2.14. The van der Waals surface area contributed by atoms with Crippen LogP contribution in [0.4, 0.5) is 0 Å². The van der Waals surface area contributed by atoms with Crippen molar-refractivity contribution in [2.24, 2.45) is 0 Å². The molecule has 0 radical (unpaired) electrons. The summed E-state index contributed by atoms with van der Waals surface area (Å²) >= 11 is 0. The Kier molecular flexibility index (Phi) is 13.9. The summed E-state index contributed by atoms with van der Waals surface area (Å²) in [6.45, 7) is 11.7. The highest BCUT2D eigenvalue weighted by Crippen LogP contribution is 1.73. The van der Waals surface area contributed by atoms with Crippen LogP contribution in [-0.2, 0) is 0 Å². The number of aromatic nitrogens is 6. The first-order chi connectivity index (χ1) is 7.79. The first kappa shape index (κ1) is 16.7. The average Bonchev–Trinajstić information content (AvgIpc) is 2.98. The second-order valence-corrected chi connectivity index (χ2v) is 2.14. The quantitative estimate of drug-likeness (QED) is 0.722.